The number of hydrogen-bond acceptors (Lipinski definition) is 5. The van der Waals surface area contributed by atoms with Gasteiger partial charge in [-0.2, -0.15) is 0 Å². The van der Waals surface area contributed by atoms with Gasteiger partial charge in [-0.3, -0.25) is 9.59 Å². The Bertz CT molecular complexity index is 1020. The zero-order chi connectivity index (χ0) is 22.9. The van der Waals surface area contributed by atoms with Crippen LogP contribution in [0, 0.1) is 5.82 Å². The Labute approximate surface area is 190 Å². The first-order valence-corrected chi connectivity index (χ1v) is 10.6. The third-order valence-corrected chi connectivity index (χ3v) is 5.82. The highest BCUT2D eigenvalue weighted by molar-refractivity contribution is 6.33. The molecule has 2 aliphatic rings. The molecule has 3 atom stereocenters. The number of benzene rings is 2. The summed E-state index contributed by atoms with van der Waals surface area (Å²) in [7, 11) is 0. The summed E-state index contributed by atoms with van der Waals surface area (Å²) in [6.07, 6.45) is -0.997. The predicted octanol–water partition coefficient (Wildman–Crippen LogP) is 2.93. The van der Waals surface area contributed by atoms with Crippen LogP contribution in [0.3, 0.4) is 0 Å². The summed E-state index contributed by atoms with van der Waals surface area (Å²) < 4.78 is 31.2. The van der Waals surface area contributed by atoms with Crippen LogP contribution in [0.2, 0.25) is 5.02 Å². The van der Waals surface area contributed by atoms with Gasteiger partial charge in [-0.25, -0.2) is 4.39 Å². The zero-order valence-corrected chi connectivity index (χ0v) is 18.4. The molecule has 0 unspecified atom stereocenters. The molecule has 2 aliphatic heterocycles. The second-order valence-corrected chi connectivity index (χ2v) is 8.74. The molecule has 2 aromatic carbocycles. The molecule has 0 aliphatic carbocycles. The lowest BCUT2D eigenvalue weighted by atomic mass is 9.96. The van der Waals surface area contributed by atoms with Crippen molar-refractivity contribution in [1.82, 2.24) is 10.6 Å². The van der Waals surface area contributed by atoms with Crippen LogP contribution in [-0.4, -0.2) is 55.1 Å². The molecule has 32 heavy (non-hydrogen) atoms. The minimum absolute atomic E-state index is 0.131. The van der Waals surface area contributed by atoms with E-state index in [1.54, 1.807) is 38.1 Å². The summed E-state index contributed by atoms with van der Waals surface area (Å²) in [4.78, 5) is 25.0. The minimum Gasteiger partial charge on any atom is -0.370 e. The quantitative estimate of drug-likeness (QED) is 0.689. The Kier molecular flexibility index (Phi) is 6.22. The SMILES string of the molecule is CC1(C)O[C@@H]2[C@@H](CNC(=O)c3ccccc3Cl)OC[C@]2(CNC(=O)c2ccc(F)cc2)O1. The van der Waals surface area contributed by atoms with Gasteiger partial charge in [-0.1, -0.05) is 23.7 Å². The number of nitrogens with one attached hydrogen (secondary N) is 2. The van der Waals surface area contributed by atoms with Crippen molar-refractivity contribution in [3.05, 3.63) is 70.5 Å². The maximum Gasteiger partial charge on any atom is 0.252 e. The van der Waals surface area contributed by atoms with Crippen molar-refractivity contribution < 1.29 is 28.2 Å². The number of carbonyl (C=O) groups excluding carboxylic acids is 2. The smallest absolute Gasteiger partial charge is 0.252 e. The van der Waals surface area contributed by atoms with Crippen molar-refractivity contribution >= 4 is 23.4 Å². The van der Waals surface area contributed by atoms with Crippen LogP contribution in [0.15, 0.2) is 48.5 Å². The highest BCUT2D eigenvalue weighted by Gasteiger charge is 2.61. The van der Waals surface area contributed by atoms with Gasteiger partial charge in [0.2, 0.25) is 0 Å². The van der Waals surface area contributed by atoms with E-state index in [1.165, 1.54) is 24.3 Å². The average molecular weight is 463 g/mol. The Morgan fingerprint density at radius 1 is 1.09 bits per heavy atom. The summed E-state index contributed by atoms with van der Waals surface area (Å²) >= 11 is 6.10. The van der Waals surface area contributed by atoms with Gasteiger partial charge < -0.3 is 24.8 Å². The van der Waals surface area contributed by atoms with Crippen LogP contribution in [0.1, 0.15) is 34.6 Å². The van der Waals surface area contributed by atoms with Crippen LogP contribution in [-0.2, 0) is 14.2 Å². The summed E-state index contributed by atoms with van der Waals surface area (Å²) in [5.74, 6) is -1.98. The van der Waals surface area contributed by atoms with Gasteiger partial charge in [0.25, 0.3) is 11.8 Å². The third kappa shape index (κ3) is 4.63. The molecular formula is C23H24ClFN2O5. The standard InChI is InChI=1S/C23H24ClFN2O5/c1-22(2)31-19-18(11-26-21(29)16-5-3-4-6-17(16)24)30-13-23(19,32-22)12-27-20(28)14-7-9-15(25)10-8-14/h3-10,18-19H,11-13H2,1-2H3,(H,26,29)(H,27,28)/t18-,19-,23+/m1/s1. The van der Waals surface area contributed by atoms with E-state index >= 15 is 0 Å². The van der Waals surface area contributed by atoms with Crippen molar-refractivity contribution in [2.75, 3.05) is 19.7 Å². The molecule has 0 spiro atoms. The maximum absolute atomic E-state index is 13.1. The summed E-state index contributed by atoms with van der Waals surface area (Å²) in [5, 5.41) is 6.01. The van der Waals surface area contributed by atoms with Crippen LogP contribution < -0.4 is 10.6 Å². The number of hydrogen-bond donors (Lipinski definition) is 2. The van der Waals surface area contributed by atoms with Gasteiger partial charge in [-0.05, 0) is 50.2 Å². The molecule has 2 N–H and O–H groups in total. The molecule has 2 fully saturated rings. The lowest BCUT2D eigenvalue weighted by Gasteiger charge is -2.27. The molecule has 2 aromatic rings. The van der Waals surface area contributed by atoms with E-state index in [0.29, 0.717) is 16.1 Å². The largest absolute Gasteiger partial charge is 0.370 e. The highest BCUT2D eigenvalue weighted by Crippen LogP contribution is 2.43. The first kappa shape index (κ1) is 22.7. The molecule has 170 valence electrons. The summed E-state index contributed by atoms with van der Waals surface area (Å²) in [6, 6.07) is 12.0. The predicted molar refractivity (Wildman–Crippen MR) is 115 cm³/mol. The number of rotatable bonds is 6. The summed E-state index contributed by atoms with van der Waals surface area (Å²) in [5.41, 5.74) is -0.215. The molecule has 0 saturated carbocycles. The fraction of sp³-hybridized carbons (Fsp3) is 0.391. The normalized spacial score (nSPS) is 25.9. The van der Waals surface area contributed by atoms with Gasteiger partial charge >= 0.3 is 0 Å². The molecule has 2 saturated heterocycles. The molecular weight excluding hydrogens is 439 g/mol. The van der Waals surface area contributed by atoms with Crippen molar-refractivity contribution in [2.24, 2.45) is 0 Å². The Hall–Kier alpha value is -2.52. The van der Waals surface area contributed by atoms with Crippen molar-refractivity contribution in [1.29, 1.82) is 0 Å². The topological polar surface area (TPSA) is 85.9 Å². The number of carbonyl (C=O) groups is 2. The van der Waals surface area contributed by atoms with E-state index in [1.807, 2.05) is 0 Å². The number of amides is 2. The van der Waals surface area contributed by atoms with Gasteiger partial charge in [0.15, 0.2) is 5.79 Å². The second-order valence-electron chi connectivity index (χ2n) is 8.33. The van der Waals surface area contributed by atoms with E-state index in [2.05, 4.69) is 10.6 Å². The molecule has 2 amide bonds. The Morgan fingerprint density at radius 3 is 2.53 bits per heavy atom. The molecule has 0 aromatic heterocycles. The van der Waals surface area contributed by atoms with Gasteiger partial charge in [0, 0.05) is 12.1 Å². The third-order valence-electron chi connectivity index (χ3n) is 5.49. The number of halogens is 2. The Balaban J connectivity index is 1.42. The highest BCUT2D eigenvalue weighted by atomic mass is 35.5. The molecule has 0 radical (unpaired) electrons. The van der Waals surface area contributed by atoms with E-state index < -0.39 is 29.4 Å². The van der Waals surface area contributed by atoms with Crippen molar-refractivity contribution in [3.8, 4) is 0 Å². The van der Waals surface area contributed by atoms with E-state index in [4.69, 9.17) is 25.8 Å². The van der Waals surface area contributed by atoms with Gasteiger partial charge in [-0.15, -0.1) is 0 Å². The van der Waals surface area contributed by atoms with Crippen LogP contribution in [0.5, 0.6) is 0 Å². The van der Waals surface area contributed by atoms with Crippen LogP contribution in [0.25, 0.3) is 0 Å². The lowest BCUT2D eigenvalue weighted by molar-refractivity contribution is -0.188. The Morgan fingerprint density at radius 2 is 1.81 bits per heavy atom. The monoisotopic (exact) mass is 462 g/mol. The van der Waals surface area contributed by atoms with Crippen molar-refractivity contribution in [2.45, 2.75) is 37.4 Å². The summed E-state index contributed by atoms with van der Waals surface area (Å²) in [6.45, 7) is 4.06. The van der Waals surface area contributed by atoms with Crippen LogP contribution in [0.4, 0.5) is 4.39 Å². The van der Waals surface area contributed by atoms with E-state index in [9.17, 15) is 14.0 Å². The number of ether oxygens (including phenoxy) is 3. The van der Waals surface area contributed by atoms with Gasteiger partial charge in [0.05, 0.1) is 23.7 Å². The maximum atomic E-state index is 13.1. The van der Waals surface area contributed by atoms with Crippen LogP contribution >= 0.6 is 11.6 Å². The van der Waals surface area contributed by atoms with Crippen molar-refractivity contribution in [3.63, 3.8) is 0 Å². The molecule has 9 heteroatoms. The molecule has 7 nitrogen and oxygen atoms in total. The fourth-order valence-electron chi connectivity index (χ4n) is 4.07. The average Bonchev–Trinajstić information content (AvgIpc) is 3.21. The van der Waals surface area contributed by atoms with E-state index in [-0.39, 0.29) is 31.5 Å². The van der Waals surface area contributed by atoms with Gasteiger partial charge in [0.1, 0.15) is 23.6 Å². The molecule has 4 rings (SSSR count). The zero-order valence-electron chi connectivity index (χ0n) is 17.7. The number of fused-ring (bicyclic) bond motifs is 1. The first-order valence-electron chi connectivity index (χ1n) is 10.3. The fourth-order valence-corrected chi connectivity index (χ4v) is 4.29. The second kappa shape index (κ2) is 8.78. The van der Waals surface area contributed by atoms with E-state index in [0.717, 1.165) is 0 Å². The minimum atomic E-state index is -0.918. The molecule has 0 bridgehead atoms. The lowest BCUT2D eigenvalue weighted by Crippen LogP contribution is -2.52. The molecule has 2 heterocycles. The first-order chi connectivity index (χ1) is 15.2.